The molecule has 0 saturated heterocycles. The van der Waals surface area contributed by atoms with E-state index in [9.17, 15) is 9.59 Å². The molecule has 3 heterocycles. The number of nitrogens with zero attached hydrogens (tertiary/aromatic N) is 5. The summed E-state index contributed by atoms with van der Waals surface area (Å²) in [7, 11) is 0. The van der Waals surface area contributed by atoms with Crippen molar-refractivity contribution in [3.05, 3.63) is 75.3 Å². The number of imidazole rings is 1. The zero-order valence-electron chi connectivity index (χ0n) is 20.8. The molecule has 0 fully saturated rings. The zero-order chi connectivity index (χ0) is 27.8. The van der Waals surface area contributed by atoms with E-state index >= 15 is 4.39 Å². The van der Waals surface area contributed by atoms with Crippen LogP contribution in [0.25, 0.3) is 0 Å². The summed E-state index contributed by atoms with van der Waals surface area (Å²) in [6.07, 6.45) is 0.484. The SMILES string of the molecule is CC(C)(C)OC(=O)NC1=N[C@](C)(c2cc(NC(=O)c3ccc(C#N)cn3)ccc2F)Cn2c1nc(Cl)c2Cl. The average Bonchev–Trinajstić information content (AvgIpc) is 3.12. The van der Waals surface area contributed by atoms with Gasteiger partial charge in [0.2, 0.25) is 0 Å². The van der Waals surface area contributed by atoms with Crippen LogP contribution in [0, 0.1) is 17.1 Å². The van der Waals surface area contributed by atoms with E-state index in [-0.39, 0.29) is 45.5 Å². The molecule has 13 heteroatoms. The second kappa shape index (κ2) is 10.0. The van der Waals surface area contributed by atoms with E-state index in [4.69, 9.17) is 33.2 Å². The van der Waals surface area contributed by atoms with E-state index < -0.39 is 29.0 Å². The number of hydrogen-bond donors (Lipinski definition) is 2. The van der Waals surface area contributed by atoms with Gasteiger partial charge in [0.05, 0.1) is 12.1 Å². The van der Waals surface area contributed by atoms with Crippen LogP contribution in [-0.2, 0) is 16.8 Å². The molecule has 4 rings (SSSR count). The highest BCUT2D eigenvalue weighted by molar-refractivity contribution is 6.41. The highest BCUT2D eigenvalue weighted by Crippen LogP contribution is 2.38. The summed E-state index contributed by atoms with van der Waals surface area (Å²) in [6.45, 7) is 6.79. The van der Waals surface area contributed by atoms with E-state index in [1.54, 1.807) is 27.7 Å². The van der Waals surface area contributed by atoms with E-state index in [2.05, 4.69) is 25.6 Å². The Bertz CT molecular complexity index is 1510. The largest absolute Gasteiger partial charge is 0.444 e. The molecule has 3 aromatic rings. The number of nitrogens with one attached hydrogen (secondary N) is 2. The molecule has 196 valence electrons. The Hall–Kier alpha value is -4.01. The average molecular weight is 558 g/mol. The topological polar surface area (TPSA) is 134 Å². The highest BCUT2D eigenvalue weighted by atomic mass is 35.5. The molecule has 1 aromatic carbocycles. The third kappa shape index (κ3) is 5.61. The Morgan fingerprint density at radius 3 is 2.58 bits per heavy atom. The van der Waals surface area contributed by atoms with Crippen molar-refractivity contribution >= 4 is 46.7 Å². The van der Waals surface area contributed by atoms with Crippen molar-refractivity contribution in [2.24, 2.45) is 4.99 Å². The van der Waals surface area contributed by atoms with Gasteiger partial charge < -0.3 is 14.6 Å². The molecule has 38 heavy (non-hydrogen) atoms. The Labute approximate surface area is 227 Å². The molecule has 10 nitrogen and oxygen atoms in total. The minimum atomic E-state index is -1.30. The van der Waals surface area contributed by atoms with Gasteiger partial charge in [0.15, 0.2) is 16.8 Å². The Balaban J connectivity index is 1.70. The first-order valence-corrected chi connectivity index (χ1v) is 12.0. The lowest BCUT2D eigenvalue weighted by Crippen LogP contribution is -2.44. The maximum absolute atomic E-state index is 15.2. The lowest BCUT2D eigenvalue weighted by Gasteiger charge is -2.33. The number of carbonyl (C=O) groups excluding carboxylic acids is 2. The van der Waals surface area contributed by atoms with Gasteiger partial charge >= 0.3 is 6.09 Å². The molecule has 0 saturated carbocycles. The van der Waals surface area contributed by atoms with Crippen LogP contribution in [0.15, 0.2) is 41.5 Å². The normalized spacial score (nSPS) is 16.6. The van der Waals surface area contributed by atoms with E-state index in [0.29, 0.717) is 5.56 Å². The first-order chi connectivity index (χ1) is 17.8. The van der Waals surface area contributed by atoms with Gasteiger partial charge in [0, 0.05) is 17.4 Å². The number of rotatable bonds is 3. The molecule has 0 spiro atoms. The first-order valence-electron chi connectivity index (χ1n) is 11.3. The number of anilines is 1. The molecule has 1 atom stereocenters. The number of benzene rings is 1. The van der Waals surface area contributed by atoms with Crippen LogP contribution in [-0.4, -0.2) is 38.0 Å². The summed E-state index contributed by atoms with van der Waals surface area (Å²) in [5.41, 5.74) is -1.32. The molecule has 2 N–H and O–H groups in total. The standard InChI is InChI=1S/C25H22Cl2FN7O3/c1-24(2,3)38-23(37)33-20-21-32-18(26)19(27)35(21)12-25(4,34-20)15-9-14(6-7-16(15)28)31-22(36)17-8-5-13(10-29)11-30-17/h5-9,11H,12H2,1-4H3,(H,31,36)(H,33,34,37)/t25-/m0/s1. The van der Waals surface area contributed by atoms with Crippen LogP contribution < -0.4 is 10.6 Å². The minimum absolute atomic E-state index is 0.0130. The number of amides is 2. The van der Waals surface area contributed by atoms with E-state index in [0.717, 1.165) is 0 Å². The van der Waals surface area contributed by atoms with Gasteiger partial charge in [-0.2, -0.15) is 5.26 Å². The highest BCUT2D eigenvalue weighted by Gasteiger charge is 2.38. The Kier molecular flexibility index (Phi) is 7.14. The molecule has 0 unspecified atom stereocenters. The van der Waals surface area contributed by atoms with Crippen molar-refractivity contribution < 1.29 is 18.7 Å². The van der Waals surface area contributed by atoms with Crippen molar-refractivity contribution in [1.82, 2.24) is 19.9 Å². The van der Waals surface area contributed by atoms with Gasteiger partial charge in [-0.1, -0.05) is 23.2 Å². The number of amidine groups is 1. The molecule has 2 amide bonds. The quantitative estimate of drug-likeness (QED) is 0.462. The lowest BCUT2D eigenvalue weighted by molar-refractivity contribution is 0.0562. The molecular formula is C25H22Cl2FN7O3. The van der Waals surface area contributed by atoms with Crippen molar-refractivity contribution in [2.45, 2.75) is 45.4 Å². The lowest BCUT2D eigenvalue weighted by atomic mass is 9.90. The summed E-state index contributed by atoms with van der Waals surface area (Å²) in [4.78, 5) is 38.0. The van der Waals surface area contributed by atoms with Crippen LogP contribution in [0.4, 0.5) is 14.9 Å². The maximum atomic E-state index is 15.2. The maximum Gasteiger partial charge on any atom is 0.413 e. The first kappa shape index (κ1) is 27.0. The molecular weight excluding hydrogens is 536 g/mol. The van der Waals surface area contributed by atoms with Gasteiger partial charge in [0.1, 0.15) is 33.9 Å². The number of aliphatic imine (C=N–C) groups is 1. The second-order valence-corrected chi connectivity index (χ2v) is 10.4. The van der Waals surface area contributed by atoms with Gasteiger partial charge in [-0.3, -0.25) is 15.1 Å². The van der Waals surface area contributed by atoms with Gasteiger partial charge in [-0.25, -0.2) is 19.2 Å². The number of carbonyl (C=O) groups is 2. The number of nitriles is 1. The van der Waals surface area contributed by atoms with Crippen LogP contribution in [0.3, 0.4) is 0 Å². The van der Waals surface area contributed by atoms with Crippen LogP contribution in [0.2, 0.25) is 10.3 Å². The van der Waals surface area contributed by atoms with Crippen molar-refractivity contribution in [2.75, 3.05) is 5.32 Å². The molecule has 0 bridgehead atoms. The van der Waals surface area contributed by atoms with Crippen LogP contribution in [0.1, 0.15) is 55.1 Å². The Morgan fingerprint density at radius 1 is 1.21 bits per heavy atom. The fraction of sp³-hybridized carbons (Fsp3) is 0.280. The monoisotopic (exact) mass is 557 g/mol. The van der Waals surface area contributed by atoms with Gasteiger partial charge in [-0.15, -0.1) is 0 Å². The van der Waals surface area contributed by atoms with Crippen molar-refractivity contribution in [3.63, 3.8) is 0 Å². The number of fused-ring (bicyclic) bond motifs is 1. The fourth-order valence-electron chi connectivity index (χ4n) is 3.80. The predicted octanol–water partition coefficient (Wildman–Crippen LogP) is 5.05. The third-order valence-corrected chi connectivity index (χ3v) is 6.20. The molecule has 1 aliphatic heterocycles. The minimum Gasteiger partial charge on any atom is -0.444 e. The third-order valence-electron chi connectivity index (χ3n) is 5.45. The molecule has 2 aromatic heterocycles. The summed E-state index contributed by atoms with van der Waals surface area (Å²) in [5, 5.41) is 14.2. The zero-order valence-corrected chi connectivity index (χ0v) is 22.3. The number of alkyl carbamates (subject to hydrolysis) is 1. The summed E-state index contributed by atoms with van der Waals surface area (Å²) >= 11 is 12.5. The number of ether oxygens (including phenoxy) is 1. The Morgan fingerprint density at radius 2 is 1.95 bits per heavy atom. The fourth-order valence-corrected chi connectivity index (χ4v) is 4.17. The second-order valence-electron chi connectivity index (χ2n) is 9.66. The van der Waals surface area contributed by atoms with Crippen molar-refractivity contribution in [3.8, 4) is 6.07 Å². The molecule has 0 aliphatic carbocycles. The van der Waals surface area contributed by atoms with Crippen LogP contribution >= 0.6 is 23.2 Å². The molecule has 0 radical (unpaired) electrons. The number of hydrogen-bond acceptors (Lipinski definition) is 7. The summed E-state index contributed by atoms with van der Waals surface area (Å²) in [6, 6.07) is 8.82. The smallest absolute Gasteiger partial charge is 0.413 e. The van der Waals surface area contributed by atoms with Gasteiger partial charge in [-0.05, 0) is 58.0 Å². The van der Waals surface area contributed by atoms with E-state index in [1.807, 2.05) is 6.07 Å². The number of pyridine rings is 1. The van der Waals surface area contributed by atoms with Crippen LogP contribution in [0.5, 0.6) is 0 Å². The summed E-state index contributed by atoms with van der Waals surface area (Å²) < 4.78 is 22.1. The van der Waals surface area contributed by atoms with Crippen molar-refractivity contribution in [1.29, 1.82) is 5.26 Å². The molecule has 1 aliphatic rings. The predicted molar refractivity (Wildman–Crippen MR) is 139 cm³/mol. The van der Waals surface area contributed by atoms with E-state index in [1.165, 1.54) is 41.1 Å². The summed E-state index contributed by atoms with van der Waals surface area (Å²) in [5.74, 6) is -0.992. The number of aromatic nitrogens is 3. The van der Waals surface area contributed by atoms with Gasteiger partial charge in [0.25, 0.3) is 5.91 Å². The number of halogens is 3.